The maximum atomic E-state index is 14.8. The molecule has 21 nitrogen and oxygen atoms in total. The Balaban J connectivity index is 0.000000340. The molecular formula is C58H84ClF3LiN5O16. The Hall–Kier alpha value is -3.81. The van der Waals surface area contributed by atoms with Crippen molar-refractivity contribution in [2.75, 3.05) is 46.3 Å². The van der Waals surface area contributed by atoms with Crippen molar-refractivity contribution in [1.29, 1.82) is 0 Å². The van der Waals surface area contributed by atoms with Crippen molar-refractivity contribution in [3.05, 3.63) is 63.7 Å². The van der Waals surface area contributed by atoms with Gasteiger partial charge < -0.3 is 86.6 Å². The number of carboxylic acids is 1. The fourth-order valence-corrected chi connectivity index (χ4v) is 12.8. The van der Waals surface area contributed by atoms with Gasteiger partial charge >= 0.3 is 30.8 Å². The van der Waals surface area contributed by atoms with E-state index >= 15 is 0 Å². The number of carbonyl (C=O) groups is 3. The molecule has 7 N–H and O–H groups in total. The van der Waals surface area contributed by atoms with Crippen LogP contribution in [-0.4, -0.2) is 189 Å². The number of hydrogen-bond acceptors (Lipinski definition) is 19. The summed E-state index contributed by atoms with van der Waals surface area (Å²) < 4.78 is 87.6. The number of ether oxygens (including phenoxy) is 7. The summed E-state index contributed by atoms with van der Waals surface area (Å²) in [6.45, 7) is 18.1. The number of halogens is 4. The largest absolute Gasteiger partial charge is 1.00 e. The Morgan fingerprint density at radius 2 is 1.50 bits per heavy atom. The summed E-state index contributed by atoms with van der Waals surface area (Å²) in [5.41, 5.74) is -0.304. The van der Waals surface area contributed by atoms with E-state index in [-0.39, 0.29) is 109 Å². The summed E-state index contributed by atoms with van der Waals surface area (Å²) in [6.07, 6.45) is -7.82. The van der Waals surface area contributed by atoms with Gasteiger partial charge in [-0.2, -0.15) is 0 Å². The number of pyridine rings is 2. The number of aliphatic hydroxyl groups excluding tert-OH is 3. The second-order valence-corrected chi connectivity index (χ2v) is 24.2. The minimum Gasteiger partial charge on any atom is -1.00 e. The van der Waals surface area contributed by atoms with Crippen LogP contribution in [0.4, 0.5) is 19.0 Å². The molecule has 84 heavy (non-hydrogen) atoms. The number of esters is 1. The summed E-state index contributed by atoms with van der Waals surface area (Å²) in [5.74, 6) is -8.17. The third kappa shape index (κ3) is 14.2. The second kappa shape index (κ2) is 27.7. The van der Waals surface area contributed by atoms with E-state index < -0.39 is 136 Å². The maximum absolute atomic E-state index is 14.8. The van der Waals surface area contributed by atoms with E-state index in [9.17, 15) is 57.9 Å². The molecule has 5 fully saturated rings. The maximum Gasteiger partial charge on any atom is 1.00 e. The number of piperidine rings is 1. The summed E-state index contributed by atoms with van der Waals surface area (Å²) in [7, 11) is 6.77. The van der Waals surface area contributed by atoms with E-state index in [1.165, 1.54) is 21.1 Å². The van der Waals surface area contributed by atoms with Crippen LogP contribution < -0.4 is 47.3 Å². The number of likely N-dealkylation sites (N-methyl/N-ethyl adjacent to an activating group) is 1. The molecule has 5 aliphatic rings. The zero-order valence-corrected chi connectivity index (χ0v) is 51.4. The summed E-state index contributed by atoms with van der Waals surface area (Å²) in [5, 5.41) is 54.6. The fraction of sp³-hybridized carbons (Fsp3) is 0.707. The number of hydrogen-bond donors (Lipinski definition) is 6. The Bertz CT molecular complexity index is 2870. The number of carbonyl (C=O) groups excluding carboxylic acids is 2. The number of aromatic carboxylic acids is 1. The van der Waals surface area contributed by atoms with Crippen LogP contribution in [0.3, 0.4) is 0 Å². The quantitative estimate of drug-likeness (QED) is 0.0926. The number of Topliss-reactive ketones (excluding diaryl/α,β-unsaturated/α-hetero) is 1. The standard InChI is InChI=1S/C38H69NO13.C20H15F3N4O3.ClH.Li/c1-15-26-38(10,45)31(42)21(4)28(40)19(2)17-37(9,47-14)33(52-35-29(41)25(39(11)12)16-20(3)48-35)22(5)30(23(6)34(44)50-26)51-27-18-36(8,46-13)32(43)24(7)49-27;21-8-1-2-15(13(22)3-8)27-7-12(20(29)30)17(28)9-4-14(23)19(25-18(9)27)26-5-10-11(6-26)16(10)24;;/h19-27,29-33,35,41-43,45H,15-18H2,1-14H3;1-4,7,10-11,16H,5-6,24H2,(H,29,30);1H;/q;;;+1/p-1/t19-,20-,21+,22+,23-,24+,25+,26-,27+,29-,30+,31-,32+,33-,35+,36-,37-,38-;10-,11+,16?;;/m1.../s1. The van der Waals surface area contributed by atoms with Crippen LogP contribution in [0.25, 0.3) is 16.7 Å². The van der Waals surface area contributed by atoms with Gasteiger partial charge in [0.2, 0.25) is 5.43 Å². The SMILES string of the molecule is CC[C@H]1OC(=O)[C@H](C)[C@@H](O[C@H]2C[C@@](C)(OC)[C@@H](O)[C@H](C)O2)[C@H](C)[C@@H](O[C@@H]2O[C@H](C)C[C@H](N(C)C)[C@H]2O)[C@](C)(OC)C[C@@H](C)C(=O)[C@H](C)[C@@H](O)[C@]1(C)O.NC1[C@H]2CN(c3nc4c(cc3F)c(=O)c(C(=O)O)cn4-c3ccc(F)cc3F)C[C@@H]12.[Cl-].[Li+]. The number of nitrogens with zero attached hydrogens (tertiary/aromatic N) is 4. The fourth-order valence-electron chi connectivity index (χ4n) is 12.8. The molecule has 8 rings (SSSR count). The predicted octanol–water partition coefficient (Wildman–Crippen LogP) is -1.66. The van der Waals surface area contributed by atoms with Gasteiger partial charge in [-0.05, 0) is 105 Å². The number of methoxy groups -OCH3 is 2. The van der Waals surface area contributed by atoms with Crippen LogP contribution >= 0.6 is 0 Å². The number of rotatable bonds is 11. The Morgan fingerprint density at radius 1 is 0.881 bits per heavy atom. The van der Waals surface area contributed by atoms with Crippen molar-refractivity contribution in [2.45, 2.75) is 185 Å². The topological polar surface area (TPSA) is 284 Å². The van der Waals surface area contributed by atoms with Crippen LogP contribution in [0.1, 0.15) is 105 Å². The van der Waals surface area contributed by atoms with Crippen LogP contribution in [0, 0.1) is 53.0 Å². The van der Waals surface area contributed by atoms with Crippen LogP contribution in [0.2, 0.25) is 0 Å². The van der Waals surface area contributed by atoms with E-state index in [1.54, 1.807) is 53.4 Å². The number of ketones is 1. The first-order valence-corrected chi connectivity index (χ1v) is 28.1. The van der Waals surface area contributed by atoms with Gasteiger partial charge in [0.15, 0.2) is 29.9 Å². The first kappa shape index (κ1) is 70.9. The first-order valence-electron chi connectivity index (χ1n) is 28.1. The van der Waals surface area contributed by atoms with E-state index in [1.807, 2.05) is 32.8 Å². The molecule has 26 heteroatoms. The molecule has 4 saturated heterocycles. The minimum atomic E-state index is -1.96. The molecule has 21 atom stereocenters. The van der Waals surface area contributed by atoms with E-state index in [0.717, 1.165) is 29.0 Å². The molecule has 1 aromatic carbocycles. The third-order valence-corrected chi connectivity index (χ3v) is 18.1. The van der Waals surface area contributed by atoms with Crippen LogP contribution in [0.15, 0.2) is 35.3 Å². The molecule has 1 aliphatic carbocycles. The number of fused-ring (bicyclic) bond motifs is 2. The average molecular weight is 1210 g/mol. The Morgan fingerprint density at radius 3 is 2.06 bits per heavy atom. The molecule has 0 amide bonds. The van der Waals surface area contributed by atoms with E-state index in [4.69, 9.17) is 38.9 Å². The van der Waals surface area contributed by atoms with Crippen molar-refractivity contribution >= 4 is 34.6 Å². The molecular weight excluding hydrogens is 1120 g/mol. The van der Waals surface area contributed by atoms with Gasteiger partial charge in [-0.3, -0.25) is 19.0 Å². The molecule has 4 aliphatic heterocycles. The average Bonchev–Trinajstić information content (AvgIpc) is 2.30. The van der Waals surface area contributed by atoms with E-state index in [2.05, 4.69) is 4.98 Å². The van der Waals surface area contributed by atoms with Gasteiger partial charge in [-0.25, -0.2) is 22.9 Å². The summed E-state index contributed by atoms with van der Waals surface area (Å²) >= 11 is 0. The van der Waals surface area contributed by atoms with Crippen molar-refractivity contribution in [3.63, 3.8) is 0 Å². The van der Waals surface area contributed by atoms with Crippen molar-refractivity contribution in [3.8, 4) is 5.69 Å². The zero-order valence-electron chi connectivity index (χ0n) is 50.6. The van der Waals surface area contributed by atoms with E-state index in [0.29, 0.717) is 25.6 Å². The summed E-state index contributed by atoms with van der Waals surface area (Å²) in [6, 6.07) is 3.41. The molecule has 3 aromatic rings. The molecule has 2 aromatic heterocycles. The van der Waals surface area contributed by atoms with Crippen LogP contribution in [0.5, 0.6) is 0 Å². The molecule has 1 saturated carbocycles. The van der Waals surface area contributed by atoms with Gasteiger partial charge in [0.25, 0.3) is 0 Å². The van der Waals surface area contributed by atoms with Gasteiger partial charge in [-0.15, -0.1) is 0 Å². The second-order valence-electron chi connectivity index (χ2n) is 24.2. The monoisotopic (exact) mass is 1210 g/mol. The molecule has 0 spiro atoms. The number of aromatic nitrogens is 2. The number of benzene rings is 1. The van der Waals surface area contributed by atoms with Gasteiger partial charge in [-0.1, -0.05) is 27.7 Å². The molecule has 6 heterocycles. The van der Waals surface area contributed by atoms with Crippen molar-refractivity contribution in [2.24, 2.45) is 41.2 Å². The molecule has 466 valence electrons. The van der Waals surface area contributed by atoms with Crippen molar-refractivity contribution < 1.29 is 118 Å². The van der Waals surface area contributed by atoms with Gasteiger partial charge in [0.05, 0.1) is 58.7 Å². The third-order valence-electron chi connectivity index (χ3n) is 18.1. The number of anilines is 1. The first-order chi connectivity index (χ1) is 38.2. The Kier molecular flexibility index (Phi) is 23.4. The number of aliphatic hydroxyl groups is 4. The van der Waals surface area contributed by atoms with Gasteiger partial charge in [0, 0.05) is 75.8 Å². The molecule has 0 bridgehead atoms. The van der Waals surface area contributed by atoms with Crippen molar-refractivity contribution in [1.82, 2.24) is 14.5 Å². The Labute approximate surface area is 506 Å². The normalized spacial score (nSPS) is 38.3. The molecule has 1 unspecified atom stereocenters. The predicted molar refractivity (Wildman–Crippen MR) is 292 cm³/mol. The molecule has 0 radical (unpaired) electrons. The summed E-state index contributed by atoms with van der Waals surface area (Å²) in [4.78, 5) is 60.1. The van der Waals surface area contributed by atoms with Crippen LogP contribution in [-0.2, 0) is 42.7 Å². The zero-order chi connectivity index (χ0) is 61.0. The minimum absolute atomic E-state index is 0. The number of cyclic esters (lactones) is 1. The van der Waals surface area contributed by atoms with Gasteiger partial charge in [0.1, 0.15) is 46.9 Å². The number of carboxylic acid groups (broad SMARTS) is 1. The smallest absolute Gasteiger partial charge is 1.00 e. The number of nitrogens with two attached hydrogens (primary N) is 1.